The van der Waals surface area contributed by atoms with Crippen molar-refractivity contribution in [2.75, 3.05) is 0 Å². The monoisotopic (exact) mass is 241 g/mol. The largest absolute Gasteiger partial charge is 0.271 e. The topological polar surface area (TPSA) is 50.9 Å². The number of nitrogens with zero attached hydrogens (tertiary/aromatic N) is 1. The van der Waals surface area contributed by atoms with Gasteiger partial charge in [0.15, 0.2) is 0 Å². The van der Waals surface area contributed by atoms with Crippen molar-refractivity contribution in [3.05, 3.63) is 40.6 Å². The number of pyridine rings is 1. The summed E-state index contributed by atoms with van der Waals surface area (Å²) in [4.78, 5) is 4.22. The molecule has 0 bridgehead atoms. The van der Waals surface area contributed by atoms with Gasteiger partial charge in [0, 0.05) is 10.7 Å². The summed E-state index contributed by atoms with van der Waals surface area (Å²) in [6.45, 7) is 5.75. The van der Waals surface area contributed by atoms with Crippen LogP contribution >= 0.6 is 15.9 Å². The first-order chi connectivity index (χ1) is 6.16. The maximum absolute atomic E-state index is 5.40. The predicted octanol–water partition coefficient (Wildman–Crippen LogP) is 1.92. The Kier molecular flexibility index (Phi) is 3.59. The highest BCUT2D eigenvalue weighted by Gasteiger charge is 2.13. The lowest BCUT2D eigenvalue weighted by Gasteiger charge is -2.16. The minimum Gasteiger partial charge on any atom is -0.271 e. The third-order valence-electron chi connectivity index (χ3n) is 1.72. The predicted molar refractivity (Wildman–Crippen MR) is 56.8 cm³/mol. The van der Waals surface area contributed by atoms with E-state index in [-0.39, 0.29) is 6.04 Å². The van der Waals surface area contributed by atoms with Crippen LogP contribution in [0, 0.1) is 0 Å². The van der Waals surface area contributed by atoms with Crippen LogP contribution in [-0.2, 0) is 0 Å². The number of hydrogen-bond acceptors (Lipinski definition) is 3. The second-order valence-corrected chi connectivity index (χ2v) is 3.67. The molecule has 4 heteroatoms. The van der Waals surface area contributed by atoms with Crippen LogP contribution in [0.3, 0.4) is 0 Å². The molecule has 1 unspecified atom stereocenters. The first-order valence-electron chi connectivity index (χ1n) is 3.88. The summed E-state index contributed by atoms with van der Waals surface area (Å²) in [6.07, 6.45) is 1.73. The molecule has 0 aromatic carbocycles. The van der Waals surface area contributed by atoms with Crippen molar-refractivity contribution in [3.8, 4) is 0 Å². The maximum atomic E-state index is 5.40. The molecule has 1 atom stereocenters. The van der Waals surface area contributed by atoms with Crippen LogP contribution < -0.4 is 11.3 Å². The van der Waals surface area contributed by atoms with Gasteiger partial charge in [0.2, 0.25) is 0 Å². The Labute approximate surface area is 86.1 Å². The molecule has 13 heavy (non-hydrogen) atoms. The minimum absolute atomic E-state index is 0.101. The van der Waals surface area contributed by atoms with Gasteiger partial charge in [0.05, 0.1) is 11.7 Å². The van der Waals surface area contributed by atoms with Crippen molar-refractivity contribution in [2.45, 2.75) is 13.0 Å². The molecule has 0 aliphatic carbocycles. The SMILES string of the molecule is C=C(C)C(NN)c1ncccc1Br. The number of halogens is 1. The van der Waals surface area contributed by atoms with E-state index in [9.17, 15) is 0 Å². The van der Waals surface area contributed by atoms with Crippen molar-refractivity contribution in [1.29, 1.82) is 0 Å². The van der Waals surface area contributed by atoms with Crippen molar-refractivity contribution >= 4 is 15.9 Å². The molecule has 0 aliphatic heterocycles. The van der Waals surface area contributed by atoms with Gasteiger partial charge in [0.1, 0.15) is 0 Å². The van der Waals surface area contributed by atoms with Crippen LogP contribution in [0.2, 0.25) is 0 Å². The van der Waals surface area contributed by atoms with Crippen LogP contribution in [0.5, 0.6) is 0 Å². The average Bonchev–Trinajstić information content (AvgIpc) is 2.09. The Morgan fingerprint density at radius 2 is 2.46 bits per heavy atom. The highest BCUT2D eigenvalue weighted by molar-refractivity contribution is 9.10. The number of hydrogen-bond donors (Lipinski definition) is 2. The summed E-state index contributed by atoms with van der Waals surface area (Å²) in [5.41, 5.74) is 4.46. The van der Waals surface area contributed by atoms with E-state index in [1.54, 1.807) is 6.20 Å². The zero-order chi connectivity index (χ0) is 9.84. The van der Waals surface area contributed by atoms with Crippen LogP contribution in [0.1, 0.15) is 18.7 Å². The van der Waals surface area contributed by atoms with Gasteiger partial charge in [-0.1, -0.05) is 12.2 Å². The van der Waals surface area contributed by atoms with E-state index < -0.39 is 0 Å². The summed E-state index contributed by atoms with van der Waals surface area (Å²) < 4.78 is 0.931. The molecule has 0 radical (unpaired) electrons. The number of nitrogens with one attached hydrogen (secondary N) is 1. The second kappa shape index (κ2) is 4.50. The molecule has 0 amide bonds. The molecule has 0 fully saturated rings. The van der Waals surface area contributed by atoms with E-state index in [4.69, 9.17) is 5.84 Å². The molecule has 0 saturated carbocycles. The molecular weight excluding hydrogens is 230 g/mol. The summed E-state index contributed by atoms with van der Waals surface area (Å²) in [5.74, 6) is 5.40. The highest BCUT2D eigenvalue weighted by atomic mass is 79.9. The van der Waals surface area contributed by atoms with E-state index in [0.717, 1.165) is 15.7 Å². The van der Waals surface area contributed by atoms with Crippen molar-refractivity contribution in [3.63, 3.8) is 0 Å². The molecule has 1 aromatic rings. The van der Waals surface area contributed by atoms with E-state index in [0.29, 0.717) is 0 Å². The fourth-order valence-corrected chi connectivity index (χ4v) is 1.55. The van der Waals surface area contributed by atoms with Gasteiger partial charge in [-0.3, -0.25) is 10.8 Å². The number of rotatable bonds is 3. The first kappa shape index (κ1) is 10.4. The molecular formula is C9H12BrN3. The van der Waals surface area contributed by atoms with Gasteiger partial charge in [-0.2, -0.15) is 0 Å². The fourth-order valence-electron chi connectivity index (χ4n) is 1.06. The number of aromatic nitrogens is 1. The third-order valence-corrected chi connectivity index (χ3v) is 2.39. The van der Waals surface area contributed by atoms with Gasteiger partial charge in [0.25, 0.3) is 0 Å². The lowest BCUT2D eigenvalue weighted by molar-refractivity contribution is 0.609. The van der Waals surface area contributed by atoms with Crippen molar-refractivity contribution in [2.24, 2.45) is 5.84 Å². The maximum Gasteiger partial charge on any atom is 0.0847 e. The summed E-state index contributed by atoms with van der Waals surface area (Å²) in [5, 5.41) is 0. The van der Waals surface area contributed by atoms with E-state index in [1.807, 2.05) is 19.1 Å². The van der Waals surface area contributed by atoms with E-state index in [2.05, 4.69) is 32.9 Å². The Bertz CT molecular complexity index is 311. The molecule has 0 spiro atoms. The molecule has 1 rings (SSSR count). The second-order valence-electron chi connectivity index (χ2n) is 2.82. The molecule has 3 N–H and O–H groups in total. The van der Waals surface area contributed by atoms with Gasteiger partial charge in [-0.25, -0.2) is 5.43 Å². The van der Waals surface area contributed by atoms with Crippen LogP contribution in [0.15, 0.2) is 35.0 Å². The zero-order valence-electron chi connectivity index (χ0n) is 7.42. The molecule has 0 saturated heterocycles. The molecule has 3 nitrogen and oxygen atoms in total. The van der Waals surface area contributed by atoms with Gasteiger partial charge in [-0.05, 0) is 35.0 Å². The number of nitrogens with two attached hydrogens (primary N) is 1. The molecule has 1 aromatic heterocycles. The standard InChI is InChI=1S/C9H12BrN3/c1-6(2)8(13-11)9-7(10)4-3-5-12-9/h3-5,8,13H,1,11H2,2H3. The number of hydrazine groups is 1. The quantitative estimate of drug-likeness (QED) is 0.483. The summed E-state index contributed by atoms with van der Waals surface area (Å²) in [6, 6.07) is 3.69. The third kappa shape index (κ3) is 2.37. The lowest BCUT2D eigenvalue weighted by Crippen LogP contribution is -2.29. The average molecular weight is 242 g/mol. The summed E-state index contributed by atoms with van der Waals surface area (Å²) in [7, 11) is 0. The fraction of sp³-hybridized carbons (Fsp3) is 0.222. The Morgan fingerprint density at radius 3 is 2.92 bits per heavy atom. The molecule has 1 heterocycles. The van der Waals surface area contributed by atoms with Crippen LogP contribution in [-0.4, -0.2) is 4.98 Å². The minimum atomic E-state index is -0.101. The van der Waals surface area contributed by atoms with Crippen molar-refractivity contribution < 1.29 is 0 Å². The van der Waals surface area contributed by atoms with E-state index in [1.165, 1.54) is 0 Å². The first-order valence-corrected chi connectivity index (χ1v) is 4.68. The van der Waals surface area contributed by atoms with Crippen LogP contribution in [0.25, 0.3) is 0 Å². The highest BCUT2D eigenvalue weighted by Crippen LogP contribution is 2.24. The molecule has 70 valence electrons. The normalized spacial score (nSPS) is 12.5. The Morgan fingerprint density at radius 1 is 1.77 bits per heavy atom. The zero-order valence-corrected chi connectivity index (χ0v) is 9.01. The van der Waals surface area contributed by atoms with Gasteiger partial charge < -0.3 is 0 Å². The molecule has 0 aliphatic rings. The van der Waals surface area contributed by atoms with Crippen LogP contribution in [0.4, 0.5) is 0 Å². The van der Waals surface area contributed by atoms with Crippen molar-refractivity contribution in [1.82, 2.24) is 10.4 Å². The van der Waals surface area contributed by atoms with E-state index >= 15 is 0 Å². The Hall–Kier alpha value is -0.710. The van der Waals surface area contributed by atoms with Gasteiger partial charge in [-0.15, -0.1) is 0 Å². The summed E-state index contributed by atoms with van der Waals surface area (Å²) >= 11 is 3.41. The smallest absolute Gasteiger partial charge is 0.0847 e. The Balaban J connectivity index is 3.04. The lowest BCUT2D eigenvalue weighted by atomic mass is 10.1. The van der Waals surface area contributed by atoms with Gasteiger partial charge >= 0.3 is 0 Å².